The number of nitrogens with one attached hydrogen (secondary N) is 3. The molecule has 1 aliphatic heterocycles. The molecule has 3 aromatic rings. The number of benzene rings is 3. The highest BCUT2D eigenvalue weighted by molar-refractivity contribution is 5.97. The Labute approximate surface area is 319 Å². The molecule has 290 valence electrons. The number of carbonyl (C=O) groups excluding carboxylic acids is 3. The highest BCUT2D eigenvalue weighted by atomic mass is 16.7. The summed E-state index contributed by atoms with van der Waals surface area (Å²) in [4.78, 5) is 46.9. The van der Waals surface area contributed by atoms with Crippen LogP contribution in [-0.4, -0.2) is 80.1 Å². The molecule has 1 saturated heterocycles. The summed E-state index contributed by atoms with van der Waals surface area (Å²) in [7, 11) is 4.98. The number of esters is 1. The lowest BCUT2D eigenvalue weighted by atomic mass is 9.45. The SMILES string of the molecule is CNC(=O)c1cc(NC)cc(-c2cccc(CN3O[C@@H](CO)[C@@H]([C@H](C)OC(=O)CCc4ccccc4)[C@H]3C(=O)N[C@H]3C[C@H]4C[C@@H]([C@@H]3C)C4(C)C)c2OC)c1. The molecular weight excluding hydrogens is 684 g/mol. The van der Waals surface area contributed by atoms with Crippen molar-refractivity contribution in [1.29, 1.82) is 0 Å². The molecule has 4 N–H and O–H groups in total. The van der Waals surface area contributed by atoms with Crippen LogP contribution in [0, 0.1) is 29.1 Å². The number of amides is 2. The monoisotopic (exact) mass is 740 g/mol. The summed E-state index contributed by atoms with van der Waals surface area (Å²) < 4.78 is 12.0. The van der Waals surface area contributed by atoms with E-state index in [1.807, 2.05) is 60.7 Å². The number of hydroxylamine groups is 2. The maximum Gasteiger partial charge on any atom is 0.306 e. The van der Waals surface area contributed by atoms with Crippen molar-refractivity contribution < 1.29 is 33.8 Å². The summed E-state index contributed by atoms with van der Waals surface area (Å²) in [6.07, 6.45) is 1.27. The molecule has 2 bridgehead atoms. The van der Waals surface area contributed by atoms with Crippen molar-refractivity contribution >= 4 is 23.5 Å². The van der Waals surface area contributed by atoms with Gasteiger partial charge in [-0.25, -0.2) is 0 Å². The molecule has 3 aromatic carbocycles. The van der Waals surface area contributed by atoms with Crippen molar-refractivity contribution in [2.45, 2.75) is 84.2 Å². The van der Waals surface area contributed by atoms with Crippen LogP contribution < -0.4 is 20.7 Å². The van der Waals surface area contributed by atoms with Crippen molar-refractivity contribution in [3.05, 3.63) is 83.4 Å². The Balaban J connectivity index is 1.30. The number of fused-ring (bicyclic) bond motifs is 2. The highest BCUT2D eigenvalue weighted by Crippen LogP contribution is 2.61. The van der Waals surface area contributed by atoms with E-state index in [9.17, 15) is 19.5 Å². The minimum atomic E-state index is -0.877. The van der Waals surface area contributed by atoms with Gasteiger partial charge < -0.3 is 30.5 Å². The van der Waals surface area contributed by atoms with Crippen LogP contribution in [0.5, 0.6) is 5.75 Å². The Morgan fingerprint density at radius 3 is 2.44 bits per heavy atom. The van der Waals surface area contributed by atoms with Crippen LogP contribution >= 0.6 is 0 Å². The molecule has 3 saturated carbocycles. The fourth-order valence-electron chi connectivity index (χ4n) is 9.25. The third-order valence-corrected chi connectivity index (χ3v) is 12.5. The van der Waals surface area contributed by atoms with Crippen LogP contribution in [-0.2, 0) is 32.1 Å². The first kappa shape index (κ1) is 39.2. The first-order valence-corrected chi connectivity index (χ1v) is 19.2. The number of rotatable bonds is 14. The fourth-order valence-corrected chi connectivity index (χ4v) is 9.25. The van der Waals surface area contributed by atoms with Gasteiger partial charge in [0.2, 0.25) is 5.91 Å². The number of aryl methyl sites for hydroxylation is 1. The van der Waals surface area contributed by atoms with Crippen LogP contribution in [0.2, 0.25) is 0 Å². The van der Waals surface area contributed by atoms with Gasteiger partial charge in [-0.1, -0.05) is 69.3 Å². The third-order valence-electron chi connectivity index (χ3n) is 12.5. The van der Waals surface area contributed by atoms with Gasteiger partial charge in [0, 0.05) is 48.9 Å². The summed E-state index contributed by atoms with van der Waals surface area (Å²) in [5, 5.41) is 21.5. The molecule has 0 aromatic heterocycles. The van der Waals surface area contributed by atoms with E-state index < -0.39 is 24.2 Å². The van der Waals surface area contributed by atoms with E-state index in [1.165, 1.54) is 6.42 Å². The number of hydrogen-bond donors (Lipinski definition) is 4. The van der Waals surface area contributed by atoms with Crippen molar-refractivity contribution in [2.75, 3.05) is 33.1 Å². The van der Waals surface area contributed by atoms with Crippen LogP contribution in [0.15, 0.2) is 66.7 Å². The number of carbonyl (C=O) groups is 3. The standard InChI is InChI=1S/C43H56N4O7/c1-25-34-21-31(43(34,3)4)22-35(25)46-42(51)39-38(26(2)53-37(49)17-16-27-12-9-8-10-13-27)36(24-48)54-47(39)23-28-14-11-15-33(40(28)52-7)29-18-30(41(50)45-6)20-32(19-29)44-5/h8-15,18-20,25-26,31,34-36,38-39,44,48H,16-17,21-24H2,1-7H3,(H,45,50)(H,46,51)/t25-,26-,31+,34-,35-,36-,38+,39-/m0/s1. The minimum Gasteiger partial charge on any atom is -0.496 e. The molecule has 4 aliphatic rings. The molecule has 11 nitrogen and oxygen atoms in total. The van der Waals surface area contributed by atoms with Gasteiger partial charge in [0.1, 0.15) is 24.0 Å². The second-order valence-corrected chi connectivity index (χ2v) is 15.8. The molecule has 54 heavy (non-hydrogen) atoms. The van der Waals surface area contributed by atoms with E-state index in [0.29, 0.717) is 35.5 Å². The average molecular weight is 741 g/mol. The lowest BCUT2D eigenvalue weighted by molar-refractivity contribution is -0.183. The van der Waals surface area contributed by atoms with E-state index in [-0.39, 0.29) is 48.8 Å². The summed E-state index contributed by atoms with van der Waals surface area (Å²) in [5.74, 6) is 0.468. The zero-order valence-corrected chi connectivity index (χ0v) is 32.6. The van der Waals surface area contributed by atoms with Gasteiger partial charge in [0.15, 0.2) is 0 Å². The van der Waals surface area contributed by atoms with Gasteiger partial charge in [-0.15, -0.1) is 0 Å². The molecule has 2 amide bonds. The Kier molecular flexibility index (Phi) is 12.0. The minimum absolute atomic E-state index is 0.000475. The van der Waals surface area contributed by atoms with E-state index in [2.05, 4.69) is 36.7 Å². The van der Waals surface area contributed by atoms with Gasteiger partial charge in [-0.05, 0) is 78.7 Å². The number of aliphatic hydroxyl groups is 1. The number of nitrogens with zero attached hydrogens (tertiary/aromatic N) is 1. The zero-order valence-electron chi connectivity index (χ0n) is 32.6. The van der Waals surface area contributed by atoms with Gasteiger partial charge in [-0.2, -0.15) is 5.06 Å². The summed E-state index contributed by atoms with van der Waals surface area (Å²) in [5.41, 5.74) is 4.80. The molecular formula is C43H56N4O7. The van der Waals surface area contributed by atoms with E-state index >= 15 is 0 Å². The average Bonchev–Trinajstić information content (AvgIpc) is 3.55. The third kappa shape index (κ3) is 7.85. The quantitative estimate of drug-likeness (QED) is 0.156. The number of hydrogen-bond acceptors (Lipinski definition) is 9. The summed E-state index contributed by atoms with van der Waals surface area (Å²) in [6.45, 7) is 8.45. The Bertz CT molecular complexity index is 1820. The highest BCUT2D eigenvalue weighted by Gasteiger charge is 2.57. The van der Waals surface area contributed by atoms with Crippen LogP contribution in [0.3, 0.4) is 0 Å². The number of methoxy groups -OCH3 is 1. The predicted molar refractivity (Wildman–Crippen MR) is 208 cm³/mol. The van der Waals surface area contributed by atoms with Gasteiger partial charge >= 0.3 is 5.97 Å². The van der Waals surface area contributed by atoms with Gasteiger partial charge in [-0.3, -0.25) is 19.2 Å². The predicted octanol–water partition coefficient (Wildman–Crippen LogP) is 5.61. The number of ether oxygens (including phenoxy) is 2. The smallest absolute Gasteiger partial charge is 0.306 e. The second-order valence-electron chi connectivity index (χ2n) is 15.8. The molecule has 4 fully saturated rings. The number of para-hydroxylation sites is 1. The molecule has 0 radical (unpaired) electrons. The number of anilines is 1. The molecule has 3 aliphatic carbocycles. The molecule has 0 unspecified atom stereocenters. The topological polar surface area (TPSA) is 138 Å². The Morgan fingerprint density at radius 1 is 1.04 bits per heavy atom. The molecule has 8 atom stereocenters. The van der Waals surface area contributed by atoms with Crippen LogP contribution in [0.25, 0.3) is 11.1 Å². The maximum absolute atomic E-state index is 14.6. The zero-order chi connectivity index (χ0) is 38.7. The summed E-state index contributed by atoms with van der Waals surface area (Å²) >= 11 is 0. The van der Waals surface area contributed by atoms with Crippen LogP contribution in [0.4, 0.5) is 5.69 Å². The molecule has 1 heterocycles. The van der Waals surface area contributed by atoms with Gasteiger partial charge in [0.05, 0.1) is 26.2 Å². The van der Waals surface area contributed by atoms with E-state index in [1.54, 1.807) is 39.3 Å². The van der Waals surface area contributed by atoms with Crippen molar-refractivity contribution in [2.24, 2.45) is 29.1 Å². The normalized spacial score (nSPS) is 26.3. The van der Waals surface area contributed by atoms with E-state index in [4.69, 9.17) is 14.3 Å². The lowest BCUT2D eigenvalue weighted by Gasteiger charge is -2.62. The largest absolute Gasteiger partial charge is 0.496 e. The first-order valence-electron chi connectivity index (χ1n) is 19.2. The maximum atomic E-state index is 14.6. The van der Waals surface area contributed by atoms with Crippen LogP contribution in [0.1, 0.15) is 68.4 Å². The number of aliphatic hydroxyl groups excluding tert-OH is 1. The Morgan fingerprint density at radius 2 is 1.80 bits per heavy atom. The second kappa shape index (κ2) is 16.5. The van der Waals surface area contributed by atoms with Gasteiger partial charge in [0.25, 0.3) is 5.91 Å². The lowest BCUT2D eigenvalue weighted by Crippen LogP contribution is -2.62. The Hall–Kier alpha value is -4.45. The molecule has 0 spiro atoms. The van der Waals surface area contributed by atoms with Crippen molar-refractivity contribution in [3.63, 3.8) is 0 Å². The van der Waals surface area contributed by atoms with Crippen molar-refractivity contribution in [1.82, 2.24) is 15.7 Å². The fraction of sp³-hybridized carbons (Fsp3) is 0.512. The van der Waals surface area contributed by atoms with E-state index in [0.717, 1.165) is 34.4 Å². The summed E-state index contributed by atoms with van der Waals surface area (Å²) in [6, 6.07) is 20.2. The molecule has 11 heteroatoms. The van der Waals surface area contributed by atoms with Crippen molar-refractivity contribution in [3.8, 4) is 16.9 Å². The first-order chi connectivity index (χ1) is 25.9. The molecule has 7 rings (SSSR count).